The van der Waals surface area contributed by atoms with Crippen molar-refractivity contribution in [1.29, 1.82) is 0 Å². The minimum atomic E-state index is 0.323. The van der Waals surface area contributed by atoms with Crippen LogP contribution in [0.15, 0.2) is 0 Å². The van der Waals surface area contributed by atoms with Crippen LogP contribution in [0.2, 0.25) is 0 Å². The molecule has 0 radical (unpaired) electrons. The SMILES string of the molecule is N[C@@H]1[C@H]2CC[C@@H](C2)[C@@H]1N. The Balaban J connectivity index is 2.15. The second-order valence-corrected chi connectivity index (χ2v) is 3.49. The Kier molecular flexibility index (Phi) is 1.08. The molecule has 9 heavy (non-hydrogen) atoms. The molecule has 0 spiro atoms. The van der Waals surface area contributed by atoms with Crippen molar-refractivity contribution in [1.82, 2.24) is 0 Å². The summed E-state index contributed by atoms with van der Waals surface area (Å²) in [6, 6.07) is 0.646. The summed E-state index contributed by atoms with van der Waals surface area (Å²) in [7, 11) is 0. The summed E-state index contributed by atoms with van der Waals surface area (Å²) in [4.78, 5) is 0. The minimum absolute atomic E-state index is 0.323. The standard InChI is InChI=1S/C7H14N2/c8-6-4-1-2-5(3-4)7(6)9/h4-7H,1-3,8-9H2/t4-,5-,6-,7+/m0/s1. The van der Waals surface area contributed by atoms with Crippen LogP contribution >= 0.6 is 0 Å². The fourth-order valence-electron chi connectivity index (χ4n) is 2.38. The lowest BCUT2D eigenvalue weighted by Gasteiger charge is -2.23. The highest BCUT2D eigenvalue weighted by atomic mass is 14.8. The van der Waals surface area contributed by atoms with Gasteiger partial charge in [-0.05, 0) is 31.1 Å². The molecule has 0 aromatic rings. The van der Waals surface area contributed by atoms with E-state index in [9.17, 15) is 0 Å². The molecule has 2 aliphatic rings. The second-order valence-electron chi connectivity index (χ2n) is 3.49. The van der Waals surface area contributed by atoms with Gasteiger partial charge in [0.05, 0.1) is 0 Å². The molecule has 2 rings (SSSR count). The number of hydrogen-bond acceptors (Lipinski definition) is 2. The van der Waals surface area contributed by atoms with Crippen molar-refractivity contribution in [2.75, 3.05) is 0 Å². The van der Waals surface area contributed by atoms with Crippen LogP contribution in [0.5, 0.6) is 0 Å². The Bertz CT molecular complexity index is 106. The molecule has 4 N–H and O–H groups in total. The Labute approximate surface area is 55.6 Å². The van der Waals surface area contributed by atoms with E-state index in [1.54, 1.807) is 0 Å². The van der Waals surface area contributed by atoms with Gasteiger partial charge in [-0.15, -0.1) is 0 Å². The fraction of sp³-hybridized carbons (Fsp3) is 1.00. The van der Waals surface area contributed by atoms with Crippen LogP contribution in [-0.4, -0.2) is 12.1 Å². The topological polar surface area (TPSA) is 52.0 Å². The molecular formula is C7H14N2. The first-order valence-electron chi connectivity index (χ1n) is 3.80. The van der Waals surface area contributed by atoms with Gasteiger partial charge in [0.1, 0.15) is 0 Å². The molecule has 0 aliphatic heterocycles. The van der Waals surface area contributed by atoms with E-state index in [0.29, 0.717) is 12.1 Å². The summed E-state index contributed by atoms with van der Waals surface area (Å²) in [5.74, 6) is 1.54. The summed E-state index contributed by atoms with van der Waals surface area (Å²) < 4.78 is 0. The number of hydrogen-bond donors (Lipinski definition) is 2. The molecule has 0 saturated heterocycles. The maximum Gasteiger partial charge on any atom is 0.0223 e. The highest BCUT2D eigenvalue weighted by molar-refractivity contribution is 5.01. The van der Waals surface area contributed by atoms with E-state index in [-0.39, 0.29) is 0 Å². The summed E-state index contributed by atoms with van der Waals surface area (Å²) >= 11 is 0. The van der Waals surface area contributed by atoms with Crippen LogP contribution in [0.1, 0.15) is 19.3 Å². The largest absolute Gasteiger partial charge is 0.326 e. The molecule has 0 aromatic heterocycles. The van der Waals surface area contributed by atoms with Crippen molar-refractivity contribution < 1.29 is 0 Å². The molecule has 2 heteroatoms. The molecule has 0 heterocycles. The molecule has 2 nitrogen and oxygen atoms in total. The first-order chi connectivity index (χ1) is 4.29. The van der Waals surface area contributed by atoms with Crippen molar-refractivity contribution >= 4 is 0 Å². The second kappa shape index (κ2) is 1.70. The van der Waals surface area contributed by atoms with Crippen LogP contribution in [0.3, 0.4) is 0 Å². The summed E-state index contributed by atoms with van der Waals surface area (Å²) in [6.45, 7) is 0. The summed E-state index contributed by atoms with van der Waals surface area (Å²) in [5.41, 5.74) is 11.7. The average Bonchev–Trinajstić information content (AvgIpc) is 2.37. The predicted molar refractivity (Wildman–Crippen MR) is 36.8 cm³/mol. The predicted octanol–water partition coefficient (Wildman–Crippen LogP) is 0.0709. The van der Waals surface area contributed by atoms with Gasteiger partial charge in [-0.2, -0.15) is 0 Å². The van der Waals surface area contributed by atoms with Crippen LogP contribution in [0.4, 0.5) is 0 Å². The minimum Gasteiger partial charge on any atom is -0.326 e. The zero-order valence-electron chi connectivity index (χ0n) is 5.59. The lowest BCUT2D eigenvalue weighted by Crippen LogP contribution is -2.45. The quantitative estimate of drug-likeness (QED) is 0.482. The summed E-state index contributed by atoms with van der Waals surface area (Å²) in [6.07, 6.45) is 3.97. The monoisotopic (exact) mass is 126 g/mol. The molecule has 2 bridgehead atoms. The number of fused-ring (bicyclic) bond motifs is 2. The Morgan fingerprint density at radius 1 is 0.889 bits per heavy atom. The maximum absolute atomic E-state index is 5.84. The zero-order chi connectivity index (χ0) is 6.43. The van der Waals surface area contributed by atoms with Gasteiger partial charge in [0.2, 0.25) is 0 Å². The third-order valence-corrected chi connectivity index (χ3v) is 3.05. The number of rotatable bonds is 0. The van der Waals surface area contributed by atoms with Crippen molar-refractivity contribution in [2.45, 2.75) is 31.3 Å². The third-order valence-electron chi connectivity index (χ3n) is 3.05. The third kappa shape index (κ3) is 0.634. The van der Waals surface area contributed by atoms with Crippen molar-refractivity contribution in [3.63, 3.8) is 0 Å². The van der Waals surface area contributed by atoms with E-state index >= 15 is 0 Å². The lowest BCUT2D eigenvalue weighted by molar-refractivity contribution is 0.365. The normalized spacial score (nSPS) is 56.7. The van der Waals surface area contributed by atoms with E-state index < -0.39 is 0 Å². The fourth-order valence-corrected chi connectivity index (χ4v) is 2.38. The van der Waals surface area contributed by atoms with Gasteiger partial charge in [-0.1, -0.05) is 0 Å². The molecule has 2 saturated carbocycles. The Morgan fingerprint density at radius 2 is 1.33 bits per heavy atom. The van der Waals surface area contributed by atoms with E-state index in [4.69, 9.17) is 11.5 Å². The van der Waals surface area contributed by atoms with Crippen LogP contribution in [-0.2, 0) is 0 Å². The first-order valence-corrected chi connectivity index (χ1v) is 3.80. The lowest BCUT2D eigenvalue weighted by atomic mass is 9.92. The van der Waals surface area contributed by atoms with Crippen molar-refractivity contribution in [2.24, 2.45) is 23.3 Å². The van der Waals surface area contributed by atoms with Crippen LogP contribution in [0.25, 0.3) is 0 Å². The molecular weight excluding hydrogens is 112 g/mol. The molecule has 0 amide bonds. The van der Waals surface area contributed by atoms with E-state index in [1.807, 2.05) is 0 Å². The number of nitrogens with two attached hydrogens (primary N) is 2. The molecule has 2 fully saturated rings. The van der Waals surface area contributed by atoms with E-state index in [0.717, 1.165) is 11.8 Å². The zero-order valence-corrected chi connectivity index (χ0v) is 5.59. The highest BCUT2D eigenvalue weighted by Crippen LogP contribution is 2.42. The smallest absolute Gasteiger partial charge is 0.0223 e. The molecule has 52 valence electrons. The Hall–Kier alpha value is -0.0800. The van der Waals surface area contributed by atoms with Crippen molar-refractivity contribution in [3.8, 4) is 0 Å². The average molecular weight is 126 g/mol. The van der Waals surface area contributed by atoms with Crippen LogP contribution in [0, 0.1) is 11.8 Å². The Morgan fingerprint density at radius 3 is 1.56 bits per heavy atom. The first kappa shape index (κ1) is 5.69. The van der Waals surface area contributed by atoms with E-state index in [2.05, 4.69) is 0 Å². The van der Waals surface area contributed by atoms with Gasteiger partial charge in [0.15, 0.2) is 0 Å². The van der Waals surface area contributed by atoms with Crippen molar-refractivity contribution in [3.05, 3.63) is 0 Å². The van der Waals surface area contributed by atoms with Gasteiger partial charge in [-0.25, -0.2) is 0 Å². The van der Waals surface area contributed by atoms with Gasteiger partial charge in [-0.3, -0.25) is 0 Å². The van der Waals surface area contributed by atoms with E-state index in [1.165, 1.54) is 19.3 Å². The van der Waals surface area contributed by atoms with Gasteiger partial charge in [0, 0.05) is 12.1 Å². The van der Waals surface area contributed by atoms with Crippen LogP contribution < -0.4 is 11.5 Å². The van der Waals surface area contributed by atoms with Gasteiger partial charge >= 0.3 is 0 Å². The maximum atomic E-state index is 5.84. The van der Waals surface area contributed by atoms with Gasteiger partial charge in [0.25, 0.3) is 0 Å². The molecule has 0 aromatic carbocycles. The molecule has 4 atom stereocenters. The molecule has 0 unspecified atom stereocenters. The highest BCUT2D eigenvalue weighted by Gasteiger charge is 2.43. The summed E-state index contributed by atoms with van der Waals surface area (Å²) in [5, 5.41) is 0. The van der Waals surface area contributed by atoms with Gasteiger partial charge < -0.3 is 11.5 Å². The molecule has 2 aliphatic carbocycles.